The van der Waals surface area contributed by atoms with Gasteiger partial charge in [-0.25, -0.2) is 0 Å². The number of nitrogens with one attached hydrogen (secondary N) is 1. The zero-order valence-corrected chi connectivity index (χ0v) is 7.81. The van der Waals surface area contributed by atoms with E-state index in [9.17, 15) is 0 Å². The molecule has 1 aliphatic heterocycles. The molecule has 1 saturated carbocycles. The van der Waals surface area contributed by atoms with Gasteiger partial charge in [-0.1, -0.05) is 0 Å². The number of nitrogens with zero attached hydrogens (tertiary/aromatic N) is 1. The van der Waals surface area contributed by atoms with E-state index in [4.69, 9.17) is 4.74 Å². The van der Waals surface area contributed by atoms with Crippen LogP contribution >= 0.6 is 0 Å². The van der Waals surface area contributed by atoms with Crippen molar-refractivity contribution in [2.75, 3.05) is 39.8 Å². The summed E-state index contributed by atoms with van der Waals surface area (Å²) < 4.78 is 5.49. The third-order valence-electron chi connectivity index (χ3n) is 2.96. The number of rotatable bonds is 3. The van der Waals surface area contributed by atoms with Crippen LogP contribution in [-0.2, 0) is 4.74 Å². The Morgan fingerprint density at radius 3 is 2.50 bits per heavy atom. The van der Waals surface area contributed by atoms with Gasteiger partial charge in [0.05, 0.1) is 5.60 Å². The Hall–Kier alpha value is -0.120. The largest absolute Gasteiger partial charge is 0.377 e. The Morgan fingerprint density at radius 2 is 2.00 bits per heavy atom. The molecule has 1 saturated heterocycles. The predicted octanol–water partition coefficient (Wildman–Crippen LogP) is 0.0706. The Labute approximate surface area is 74.1 Å². The van der Waals surface area contributed by atoms with E-state index in [2.05, 4.69) is 10.2 Å². The molecule has 12 heavy (non-hydrogen) atoms. The summed E-state index contributed by atoms with van der Waals surface area (Å²) in [5, 5.41) is 3.36. The summed E-state index contributed by atoms with van der Waals surface area (Å²) >= 11 is 0. The van der Waals surface area contributed by atoms with Gasteiger partial charge >= 0.3 is 0 Å². The lowest BCUT2D eigenvalue weighted by molar-refractivity contribution is 0.0400. The molecule has 3 heteroatoms. The van der Waals surface area contributed by atoms with Crippen LogP contribution in [-0.4, -0.2) is 50.3 Å². The first-order chi connectivity index (χ1) is 5.85. The molecule has 3 nitrogen and oxygen atoms in total. The molecule has 0 aromatic heterocycles. The number of methoxy groups -OCH3 is 1. The van der Waals surface area contributed by atoms with Crippen LogP contribution in [0.3, 0.4) is 0 Å². The summed E-state index contributed by atoms with van der Waals surface area (Å²) in [5.41, 5.74) is 0.247. The van der Waals surface area contributed by atoms with Gasteiger partial charge in [-0.2, -0.15) is 0 Å². The molecule has 2 aliphatic rings. The summed E-state index contributed by atoms with van der Waals surface area (Å²) in [6, 6.07) is 0. The van der Waals surface area contributed by atoms with Crippen LogP contribution in [0.2, 0.25) is 0 Å². The lowest BCUT2D eigenvalue weighted by Crippen LogP contribution is -2.47. The van der Waals surface area contributed by atoms with Crippen molar-refractivity contribution in [3.63, 3.8) is 0 Å². The number of hydrogen-bond donors (Lipinski definition) is 1. The standard InChI is InChI=1S/C9H18N2O/c1-12-9(2-3-9)8-11-6-4-10-5-7-11/h10H,2-8H2,1H3. The van der Waals surface area contributed by atoms with Gasteiger partial charge in [0.2, 0.25) is 0 Å². The minimum atomic E-state index is 0.247. The molecule has 0 aromatic carbocycles. The van der Waals surface area contributed by atoms with Crippen LogP contribution in [0.5, 0.6) is 0 Å². The van der Waals surface area contributed by atoms with Gasteiger partial charge in [-0.05, 0) is 12.8 Å². The van der Waals surface area contributed by atoms with Gasteiger partial charge in [-0.15, -0.1) is 0 Å². The highest BCUT2D eigenvalue weighted by atomic mass is 16.5. The van der Waals surface area contributed by atoms with E-state index in [1.54, 1.807) is 0 Å². The van der Waals surface area contributed by atoms with Gasteiger partial charge in [0.15, 0.2) is 0 Å². The highest BCUT2D eigenvalue weighted by Crippen LogP contribution is 2.39. The molecule has 1 N–H and O–H groups in total. The van der Waals surface area contributed by atoms with E-state index >= 15 is 0 Å². The fourth-order valence-corrected chi connectivity index (χ4v) is 1.84. The smallest absolute Gasteiger partial charge is 0.0807 e. The van der Waals surface area contributed by atoms with Gasteiger partial charge in [0.1, 0.15) is 0 Å². The summed E-state index contributed by atoms with van der Waals surface area (Å²) in [5.74, 6) is 0. The fourth-order valence-electron chi connectivity index (χ4n) is 1.84. The van der Waals surface area contributed by atoms with Crippen molar-refractivity contribution >= 4 is 0 Å². The van der Waals surface area contributed by atoms with E-state index in [1.807, 2.05) is 7.11 Å². The predicted molar refractivity (Wildman–Crippen MR) is 48.3 cm³/mol. The highest BCUT2D eigenvalue weighted by Gasteiger charge is 2.44. The van der Waals surface area contributed by atoms with Crippen LogP contribution in [0.4, 0.5) is 0 Å². The monoisotopic (exact) mass is 170 g/mol. The maximum Gasteiger partial charge on any atom is 0.0807 e. The average molecular weight is 170 g/mol. The Bertz CT molecular complexity index is 151. The normalized spacial score (nSPS) is 28.8. The van der Waals surface area contributed by atoms with Crippen LogP contribution in [0.15, 0.2) is 0 Å². The first-order valence-electron chi connectivity index (χ1n) is 4.83. The van der Waals surface area contributed by atoms with Crippen LogP contribution < -0.4 is 5.32 Å². The Morgan fingerprint density at radius 1 is 1.33 bits per heavy atom. The third kappa shape index (κ3) is 1.79. The van der Waals surface area contributed by atoms with Gasteiger partial charge in [-0.3, -0.25) is 4.90 Å². The minimum absolute atomic E-state index is 0.247. The molecule has 0 spiro atoms. The van der Waals surface area contributed by atoms with E-state index in [0.29, 0.717) is 0 Å². The number of ether oxygens (including phenoxy) is 1. The minimum Gasteiger partial charge on any atom is -0.377 e. The molecular formula is C9H18N2O. The van der Waals surface area contributed by atoms with Gasteiger partial charge in [0, 0.05) is 39.8 Å². The number of piperazine rings is 1. The van der Waals surface area contributed by atoms with Crippen molar-refractivity contribution in [2.45, 2.75) is 18.4 Å². The van der Waals surface area contributed by atoms with Gasteiger partial charge < -0.3 is 10.1 Å². The molecule has 1 aliphatic carbocycles. The third-order valence-corrected chi connectivity index (χ3v) is 2.96. The molecule has 0 unspecified atom stereocenters. The molecule has 2 rings (SSSR count). The second-order valence-corrected chi connectivity index (χ2v) is 3.91. The molecule has 0 radical (unpaired) electrons. The van der Waals surface area contributed by atoms with Crippen molar-refractivity contribution in [3.05, 3.63) is 0 Å². The zero-order chi connectivity index (χ0) is 8.44. The molecule has 0 bridgehead atoms. The highest BCUT2D eigenvalue weighted by molar-refractivity contribution is 4.98. The van der Waals surface area contributed by atoms with E-state index in [1.165, 1.54) is 25.9 Å². The lowest BCUT2D eigenvalue weighted by Gasteiger charge is -2.30. The molecule has 0 atom stereocenters. The van der Waals surface area contributed by atoms with Crippen molar-refractivity contribution in [1.82, 2.24) is 10.2 Å². The van der Waals surface area contributed by atoms with E-state index < -0.39 is 0 Å². The topological polar surface area (TPSA) is 24.5 Å². The summed E-state index contributed by atoms with van der Waals surface area (Å²) in [6.45, 7) is 5.79. The van der Waals surface area contributed by atoms with Crippen molar-refractivity contribution in [1.29, 1.82) is 0 Å². The van der Waals surface area contributed by atoms with Crippen molar-refractivity contribution < 1.29 is 4.74 Å². The molecule has 70 valence electrons. The molecule has 1 heterocycles. The molecular weight excluding hydrogens is 152 g/mol. The second kappa shape index (κ2) is 3.32. The Balaban J connectivity index is 1.77. The fraction of sp³-hybridized carbons (Fsp3) is 1.00. The lowest BCUT2D eigenvalue weighted by atomic mass is 10.2. The SMILES string of the molecule is COC1(CN2CCNCC2)CC1. The summed E-state index contributed by atoms with van der Waals surface area (Å²) in [6.07, 6.45) is 2.51. The number of hydrogen-bond acceptors (Lipinski definition) is 3. The van der Waals surface area contributed by atoms with Gasteiger partial charge in [0.25, 0.3) is 0 Å². The maximum absolute atomic E-state index is 5.49. The van der Waals surface area contributed by atoms with Crippen LogP contribution in [0, 0.1) is 0 Å². The molecule has 0 amide bonds. The molecule has 0 aromatic rings. The van der Waals surface area contributed by atoms with Crippen molar-refractivity contribution in [2.24, 2.45) is 0 Å². The molecule has 2 fully saturated rings. The van der Waals surface area contributed by atoms with E-state index in [0.717, 1.165) is 19.6 Å². The first-order valence-corrected chi connectivity index (χ1v) is 4.83. The second-order valence-electron chi connectivity index (χ2n) is 3.91. The van der Waals surface area contributed by atoms with E-state index in [-0.39, 0.29) is 5.60 Å². The van der Waals surface area contributed by atoms with Crippen molar-refractivity contribution in [3.8, 4) is 0 Å². The first kappa shape index (κ1) is 8.48. The Kier molecular flexibility index (Phi) is 2.35. The summed E-state index contributed by atoms with van der Waals surface area (Å²) in [7, 11) is 1.84. The van der Waals surface area contributed by atoms with Crippen LogP contribution in [0.1, 0.15) is 12.8 Å². The summed E-state index contributed by atoms with van der Waals surface area (Å²) in [4.78, 5) is 2.51. The zero-order valence-electron chi connectivity index (χ0n) is 7.81. The average Bonchev–Trinajstić information content (AvgIpc) is 2.88. The maximum atomic E-state index is 5.49. The quantitative estimate of drug-likeness (QED) is 0.649. The van der Waals surface area contributed by atoms with Crippen LogP contribution in [0.25, 0.3) is 0 Å².